The molecule has 3 heterocycles. The minimum atomic E-state index is -0.235. The lowest BCUT2D eigenvalue weighted by molar-refractivity contribution is -0.121. The van der Waals surface area contributed by atoms with Crippen molar-refractivity contribution >= 4 is 28.8 Å². The Balaban J connectivity index is 1.35. The number of para-hydroxylation sites is 2. The molecule has 1 aromatic carbocycles. The van der Waals surface area contributed by atoms with Crippen LogP contribution in [0, 0.1) is 5.92 Å². The number of nitrogens with one attached hydrogen (secondary N) is 1. The molecule has 4 rings (SSSR count). The first kappa shape index (κ1) is 20.2. The Kier molecular flexibility index (Phi) is 6.44. The van der Waals surface area contributed by atoms with Crippen LogP contribution in [0.25, 0.3) is 0 Å². The number of carbonyl (C=O) groups is 2. The van der Waals surface area contributed by atoms with E-state index in [0.29, 0.717) is 42.6 Å². The normalized spacial score (nSPS) is 16.3. The molecule has 0 bridgehead atoms. The molecular weight excluding hydrogens is 400 g/mol. The van der Waals surface area contributed by atoms with Crippen LogP contribution in [0.5, 0.6) is 5.75 Å². The van der Waals surface area contributed by atoms with Crippen molar-refractivity contribution in [2.75, 3.05) is 25.0 Å². The molecule has 1 fully saturated rings. The largest absolute Gasteiger partial charge is 0.490 e. The summed E-state index contributed by atoms with van der Waals surface area (Å²) in [5, 5.41) is 4.89. The molecule has 3 aromatic rings. The molecule has 1 aliphatic rings. The first-order valence-electron chi connectivity index (χ1n) is 10.0. The molecule has 156 valence electrons. The molecule has 0 radical (unpaired) electrons. The molecule has 0 saturated carbocycles. The van der Waals surface area contributed by atoms with Crippen LogP contribution in [0.4, 0.5) is 5.69 Å². The molecule has 1 unspecified atom stereocenters. The summed E-state index contributed by atoms with van der Waals surface area (Å²) in [6.45, 7) is 2.27. The number of carbonyl (C=O) groups excluding carboxylic acids is 2. The van der Waals surface area contributed by atoms with Gasteiger partial charge >= 0.3 is 0 Å². The lowest BCUT2D eigenvalue weighted by Crippen LogP contribution is -2.43. The van der Waals surface area contributed by atoms with Gasteiger partial charge in [0.25, 0.3) is 5.91 Å². The van der Waals surface area contributed by atoms with Crippen molar-refractivity contribution in [3.05, 3.63) is 65.4 Å². The molecule has 2 amide bonds. The summed E-state index contributed by atoms with van der Waals surface area (Å²) in [5.41, 5.74) is 0.648. The summed E-state index contributed by atoms with van der Waals surface area (Å²) in [5.74, 6) is 0.324. The van der Waals surface area contributed by atoms with Crippen LogP contribution in [-0.4, -0.2) is 46.0 Å². The highest BCUT2D eigenvalue weighted by atomic mass is 32.1. The van der Waals surface area contributed by atoms with Gasteiger partial charge in [0, 0.05) is 25.5 Å². The minimum Gasteiger partial charge on any atom is -0.490 e. The highest BCUT2D eigenvalue weighted by Crippen LogP contribution is 2.26. The lowest BCUT2D eigenvalue weighted by atomic mass is 9.96. The van der Waals surface area contributed by atoms with E-state index in [1.807, 2.05) is 52.5 Å². The number of thiophene rings is 1. The summed E-state index contributed by atoms with van der Waals surface area (Å²) in [6.07, 6.45) is 6.93. The fourth-order valence-corrected chi connectivity index (χ4v) is 4.23. The van der Waals surface area contributed by atoms with Crippen molar-refractivity contribution in [2.24, 2.45) is 5.92 Å². The number of hydrogen-bond acceptors (Lipinski definition) is 5. The molecular formula is C22H24N4O3S. The van der Waals surface area contributed by atoms with Crippen molar-refractivity contribution in [2.45, 2.75) is 19.4 Å². The molecule has 0 aliphatic carbocycles. The van der Waals surface area contributed by atoms with Crippen LogP contribution >= 0.6 is 11.3 Å². The van der Waals surface area contributed by atoms with E-state index in [1.165, 1.54) is 11.3 Å². The summed E-state index contributed by atoms with van der Waals surface area (Å²) in [7, 11) is 0. The molecule has 0 spiro atoms. The van der Waals surface area contributed by atoms with Crippen LogP contribution in [0.3, 0.4) is 0 Å². The second-order valence-corrected chi connectivity index (χ2v) is 8.15. The maximum atomic E-state index is 12.9. The van der Waals surface area contributed by atoms with Crippen LogP contribution in [0.1, 0.15) is 22.5 Å². The molecule has 1 aliphatic heterocycles. The number of amides is 2. The van der Waals surface area contributed by atoms with Gasteiger partial charge in [-0.05, 0) is 36.4 Å². The Morgan fingerprint density at radius 1 is 1.23 bits per heavy atom. The highest BCUT2D eigenvalue weighted by Gasteiger charge is 2.29. The van der Waals surface area contributed by atoms with E-state index >= 15 is 0 Å². The van der Waals surface area contributed by atoms with Gasteiger partial charge in [-0.1, -0.05) is 18.2 Å². The van der Waals surface area contributed by atoms with Gasteiger partial charge in [0.15, 0.2) is 0 Å². The van der Waals surface area contributed by atoms with E-state index in [2.05, 4.69) is 10.3 Å². The smallest absolute Gasteiger partial charge is 0.263 e. The Labute approximate surface area is 179 Å². The molecule has 1 N–H and O–H groups in total. The average Bonchev–Trinajstić information content (AvgIpc) is 3.49. The fraction of sp³-hybridized carbons (Fsp3) is 0.318. The second-order valence-electron chi connectivity index (χ2n) is 7.20. The van der Waals surface area contributed by atoms with E-state index in [1.54, 1.807) is 17.4 Å². The van der Waals surface area contributed by atoms with Gasteiger partial charge in [-0.25, -0.2) is 4.98 Å². The van der Waals surface area contributed by atoms with Crippen LogP contribution < -0.4 is 10.1 Å². The first-order valence-corrected chi connectivity index (χ1v) is 10.9. The molecule has 30 heavy (non-hydrogen) atoms. The fourth-order valence-electron chi connectivity index (χ4n) is 3.54. The third kappa shape index (κ3) is 4.88. The maximum absolute atomic E-state index is 12.9. The van der Waals surface area contributed by atoms with Crippen molar-refractivity contribution in [3.63, 3.8) is 0 Å². The third-order valence-electron chi connectivity index (χ3n) is 5.12. The number of benzene rings is 1. The van der Waals surface area contributed by atoms with Crippen molar-refractivity contribution in [1.29, 1.82) is 0 Å². The van der Waals surface area contributed by atoms with E-state index in [-0.39, 0.29) is 17.7 Å². The van der Waals surface area contributed by atoms with Crippen LogP contribution in [0.2, 0.25) is 0 Å². The number of rotatable bonds is 7. The van der Waals surface area contributed by atoms with Crippen molar-refractivity contribution in [3.8, 4) is 5.75 Å². The molecule has 1 saturated heterocycles. The maximum Gasteiger partial charge on any atom is 0.263 e. The number of nitrogens with zero attached hydrogens (tertiary/aromatic N) is 3. The van der Waals surface area contributed by atoms with Crippen LogP contribution in [-0.2, 0) is 11.3 Å². The number of anilines is 1. The number of hydrogen-bond donors (Lipinski definition) is 1. The van der Waals surface area contributed by atoms with E-state index in [0.717, 1.165) is 12.8 Å². The van der Waals surface area contributed by atoms with Gasteiger partial charge in [0.05, 0.1) is 29.4 Å². The predicted octanol–water partition coefficient (Wildman–Crippen LogP) is 3.51. The minimum absolute atomic E-state index is 0.00531. The molecule has 8 heteroatoms. The quantitative estimate of drug-likeness (QED) is 0.630. The average molecular weight is 425 g/mol. The summed E-state index contributed by atoms with van der Waals surface area (Å²) in [4.78, 5) is 32.1. The Bertz CT molecular complexity index is 972. The Morgan fingerprint density at radius 2 is 2.13 bits per heavy atom. The number of aromatic nitrogens is 2. The van der Waals surface area contributed by atoms with Gasteiger partial charge in [0.1, 0.15) is 12.4 Å². The summed E-state index contributed by atoms with van der Waals surface area (Å²) in [6, 6.07) is 11.1. The summed E-state index contributed by atoms with van der Waals surface area (Å²) < 4.78 is 7.81. The Hall–Kier alpha value is -3.13. The van der Waals surface area contributed by atoms with Gasteiger partial charge < -0.3 is 19.5 Å². The number of ether oxygens (including phenoxy) is 1. The zero-order valence-corrected chi connectivity index (χ0v) is 17.4. The SMILES string of the molecule is O=C(Nc1ccccc1OCCn1ccnc1)C1CCCN(C(=O)c2cccs2)C1. The number of piperidine rings is 1. The highest BCUT2D eigenvalue weighted by molar-refractivity contribution is 7.12. The predicted molar refractivity (Wildman–Crippen MR) is 116 cm³/mol. The van der Waals surface area contributed by atoms with E-state index in [4.69, 9.17) is 4.74 Å². The van der Waals surface area contributed by atoms with Crippen molar-refractivity contribution in [1.82, 2.24) is 14.5 Å². The van der Waals surface area contributed by atoms with E-state index in [9.17, 15) is 9.59 Å². The number of likely N-dealkylation sites (tertiary alicyclic amines) is 1. The number of imidazole rings is 1. The monoisotopic (exact) mass is 424 g/mol. The van der Waals surface area contributed by atoms with Gasteiger partial charge in [-0.2, -0.15) is 0 Å². The molecule has 2 aromatic heterocycles. The molecule has 7 nitrogen and oxygen atoms in total. The zero-order chi connectivity index (χ0) is 20.8. The van der Waals surface area contributed by atoms with Crippen LogP contribution in [0.15, 0.2) is 60.5 Å². The van der Waals surface area contributed by atoms with E-state index < -0.39 is 0 Å². The van der Waals surface area contributed by atoms with Crippen molar-refractivity contribution < 1.29 is 14.3 Å². The molecule has 1 atom stereocenters. The lowest BCUT2D eigenvalue weighted by Gasteiger charge is -2.31. The van der Waals surface area contributed by atoms with Gasteiger partial charge in [-0.15, -0.1) is 11.3 Å². The van der Waals surface area contributed by atoms with Gasteiger partial charge in [-0.3, -0.25) is 9.59 Å². The zero-order valence-electron chi connectivity index (χ0n) is 16.6. The summed E-state index contributed by atoms with van der Waals surface area (Å²) >= 11 is 1.43. The van der Waals surface area contributed by atoms with Gasteiger partial charge in [0.2, 0.25) is 5.91 Å². The Morgan fingerprint density at radius 3 is 2.93 bits per heavy atom. The topological polar surface area (TPSA) is 76.5 Å². The standard InChI is InChI=1S/C22H24N4O3S/c27-21(17-5-3-10-26(15-17)22(28)20-8-4-14-30-20)24-18-6-1-2-7-19(18)29-13-12-25-11-9-23-16-25/h1-2,4,6-9,11,14,16-17H,3,5,10,12-13,15H2,(H,24,27). The first-order chi connectivity index (χ1) is 14.7. The third-order valence-corrected chi connectivity index (χ3v) is 5.98. The second kappa shape index (κ2) is 9.58.